The van der Waals surface area contributed by atoms with Crippen molar-refractivity contribution in [3.05, 3.63) is 36.8 Å². The lowest BCUT2D eigenvalue weighted by atomic mass is 10.2. The van der Waals surface area contributed by atoms with Gasteiger partial charge in [-0.3, -0.25) is 9.67 Å². The molecule has 0 atom stereocenters. The highest BCUT2D eigenvalue weighted by Crippen LogP contribution is 2.17. The number of hydrogen-bond donors (Lipinski definition) is 0. The third kappa shape index (κ3) is 2.10. The van der Waals surface area contributed by atoms with Crippen molar-refractivity contribution in [1.82, 2.24) is 14.8 Å². The number of aryl methyl sites for hydroxylation is 1. The van der Waals surface area contributed by atoms with E-state index >= 15 is 0 Å². The summed E-state index contributed by atoms with van der Waals surface area (Å²) in [5.74, 6) is 0. The molecule has 0 aromatic carbocycles. The van der Waals surface area contributed by atoms with Crippen molar-refractivity contribution >= 4 is 6.29 Å². The zero-order valence-corrected chi connectivity index (χ0v) is 8.21. The summed E-state index contributed by atoms with van der Waals surface area (Å²) in [5.41, 5.74) is 2.08. The summed E-state index contributed by atoms with van der Waals surface area (Å²) < 4.78 is 1.82. The minimum atomic E-state index is 0.486. The second kappa shape index (κ2) is 4.50. The summed E-state index contributed by atoms with van der Waals surface area (Å²) in [6.07, 6.45) is 6.61. The lowest BCUT2D eigenvalue weighted by molar-refractivity contribution is -0.108. The normalized spacial score (nSPS) is 10.1. The smallest absolute Gasteiger partial charge is 0.121 e. The molecule has 0 aliphatic rings. The molecule has 2 aromatic heterocycles. The van der Waals surface area contributed by atoms with Gasteiger partial charge in [0.15, 0.2) is 0 Å². The molecule has 2 rings (SSSR count). The van der Waals surface area contributed by atoms with Crippen LogP contribution < -0.4 is 0 Å². The predicted molar refractivity (Wildman–Crippen MR) is 56.1 cm³/mol. The second-order valence-corrected chi connectivity index (χ2v) is 3.13. The number of rotatable bonds is 4. The van der Waals surface area contributed by atoms with Crippen molar-refractivity contribution in [2.45, 2.75) is 13.0 Å². The standard InChI is InChI=1S/C11H11N3O/c15-9-1-8-14-11(4-7-13-14)10-2-5-12-6-3-10/h2-7,9H,1,8H2. The van der Waals surface area contributed by atoms with Crippen molar-refractivity contribution in [3.63, 3.8) is 0 Å². The third-order valence-electron chi connectivity index (χ3n) is 2.15. The lowest BCUT2D eigenvalue weighted by Crippen LogP contribution is -2.02. The Morgan fingerprint density at radius 3 is 2.73 bits per heavy atom. The van der Waals surface area contributed by atoms with E-state index < -0.39 is 0 Å². The zero-order valence-electron chi connectivity index (χ0n) is 8.21. The fourth-order valence-electron chi connectivity index (χ4n) is 1.45. The van der Waals surface area contributed by atoms with E-state index in [2.05, 4.69) is 10.1 Å². The van der Waals surface area contributed by atoms with Crippen LogP contribution in [0.25, 0.3) is 11.3 Å². The van der Waals surface area contributed by atoms with Gasteiger partial charge in [0.2, 0.25) is 0 Å². The number of aldehydes is 1. The van der Waals surface area contributed by atoms with Crippen molar-refractivity contribution in [2.24, 2.45) is 0 Å². The molecule has 4 heteroatoms. The summed E-state index contributed by atoms with van der Waals surface area (Å²) >= 11 is 0. The number of carbonyl (C=O) groups excluding carboxylic acids is 1. The molecule has 0 unspecified atom stereocenters. The first-order valence-electron chi connectivity index (χ1n) is 4.77. The molecule has 15 heavy (non-hydrogen) atoms. The summed E-state index contributed by atoms with van der Waals surface area (Å²) in [7, 11) is 0. The average molecular weight is 201 g/mol. The molecule has 0 aliphatic heterocycles. The van der Waals surface area contributed by atoms with Crippen LogP contribution in [-0.2, 0) is 11.3 Å². The summed E-state index contributed by atoms with van der Waals surface area (Å²) in [6, 6.07) is 5.78. The molecule has 0 bridgehead atoms. The second-order valence-electron chi connectivity index (χ2n) is 3.13. The summed E-state index contributed by atoms with van der Waals surface area (Å²) in [6.45, 7) is 0.619. The van der Waals surface area contributed by atoms with Crippen LogP contribution in [-0.4, -0.2) is 21.1 Å². The van der Waals surface area contributed by atoms with E-state index in [0.717, 1.165) is 17.5 Å². The van der Waals surface area contributed by atoms with Crippen molar-refractivity contribution in [1.29, 1.82) is 0 Å². The molecule has 0 saturated carbocycles. The van der Waals surface area contributed by atoms with Crippen molar-refractivity contribution in [3.8, 4) is 11.3 Å². The highest BCUT2D eigenvalue weighted by molar-refractivity contribution is 5.58. The van der Waals surface area contributed by atoms with Crippen LogP contribution in [0.4, 0.5) is 0 Å². The van der Waals surface area contributed by atoms with Crippen LogP contribution in [0.1, 0.15) is 6.42 Å². The highest BCUT2D eigenvalue weighted by Gasteiger charge is 2.03. The lowest BCUT2D eigenvalue weighted by Gasteiger charge is -2.04. The van der Waals surface area contributed by atoms with Gasteiger partial charge in [-0.15, -0.1) is 0 Å². The average Bonchev–Trinajstić information content (AvgIpc) is 2.75. The maximum absolute atomic E-state index is 10.3. The molecule has 0 fully saturated rings. The Morgan fingerprint density at radius 2 is 2.00 bits per heavy atom. The Balaban J connectivity index is 2.29. The Kier molecular flexibility index (Phi) is 2.88. The fourth-order valence-corrected chi connectivity index (χ4v) is 1.45. The van der Waals surface area contributed by atoms with Gasteiger partial charge in [0.05, 0.1) is 5.69 Å². The molecule has 4 nitrogen and oxygen atoms in total. The van der Waals surface area contributed by atoms with Gasteiger partial charge in [0.1, 0.15) is 6.29 Å². The molecule has 0 saturated heterocycles. The molecule has 76 valence electrons. The molecule has 0 aliphatic carbocycles. The minimum absolute atomic E-state index is 0.486. The van der Waals surface area contributed by atoms with E-state index in [1.165, 1.54) is 0 Å². The number of nitrogens with zero attached hydrogens (tertiary/aromatic N) is 3. The highest BCUT2D eigenvalue weighted by atomic mass is 16.1. The molecular formula is C11H11N3O. The molecule has 2 aromatic rings. The van der Waals surface area contributed by atoms with Crippen LogP contribution >= 0.6 is 0 Å². The van der Waals surface area contributed by atoms with Gasteiger partial charge in [-0.2, -0.15) is 5.10 Å². The molecule has 0 N–H and O–H groups in total. The SMILES string of the molecule is O=CCCn1nccc1-c1ccncc1. The van der Waals surface area contributed by atoms with Gasteiger partial charge >= 0.3 is 0 Å². The number of pyridine rings is 1. The van der Waals surface area contributed by atoms with Crippen LogP contribution in [0.3, 0.4) is 0 Å². The van der Waals surface area contributed by atoms with Crippen LogP contribution in [0.2, 0.25) is 0 Å². The van der Waals surface area contributed by atoms with Gasteiger partial charge in [0.25, 0.3) is 0 Å². The number of carbonyl (C=O) groups is 1. The van der Waals surface area contributed by atoms with Crippen LogP contribution in [0.15, 0.2) is 36.8 Å². The largest absolute Gasteiger partial charge is 0.303 e. The van der Waals surface area contributed by atoms with E-state index in [1.807, 2.05) is 22.9 Å². The van der Waals surface area contributed by atoms with E-state index in [0.29, 0.717) is 13.0 Å². The maximum atomic E-state index is 10.3. The molecule has 0 radical (unpaired) electrons. The molecular weight excluding hydrogens is 190 g/mol. The van der Waals surface area contributed by atoms with Crippen molar-refractivity contribution < 1.29 is 4.79 Å². The van der Waals surface area contributed by atoms with E-state index in [9.17, 15) is 4.79 Å². The summed E-state index contributed by atoms with van der Waals surface area (Å²) in [5, 5.41) is 4.17. The molecule has 2 heterocycles. The van der Waals surface area contributed by atoms with Gasteiger partial charge in [0, 0.05) is 37.1 Å². The molecule has 0 amide bonds. The van der Waals surface area contributed by atoms with Crippen molar-refractivity contribution in [2.75, 3.05) is 0 Å². The van der Waals surface area contributed by atoms with Crippen LogP contribution in [0, 0.1) is 0 Å². The van der Waals surface area contributed by atoms with E-state index in [4.69, 9.17) is 0 Å². The quantitative estimate of drug-likeness (QED) is 0.705. The van der Waals surface area contributed by atoms with E-state index in [1.54, 1.807) is 18.6 Å². The van der Waals surface area contributed by atoms with Gasteiger partial charge < -0.3 is 4.79 Å². The Labute approximate surface area is 87.6 Å². The Morgan fingerprint density at radius 1 is 1.20 bits per heavy atom. The number of aromatic nitrogens is 3. The van der Waals surface area contributed by atoms with Gasteiger partial charge in [-0.1, -0.05) is 0 Å². The first kappa shape index (κ1) is 9.58. The van der Waals surface area contributed by atoms with Gasteiger partial charge in [-0.05, 0) is 18.2 Å². The number of hydrogen-bond acceptors (Lipinski definition) is 3. The van der Waals surface area contributed by atoms with Gasteiger partial charge in [-0.25, -0.2) is 0 Å². The predicted octanol–water partition coefficient (Wildman–Crippen LogP) is 1.53. The monoisotopic (exact) mass is 201 g/mol. The molecule has 0 spiro atoms. The van der Waals surface area contributed by atoms with Crippen LogP contribution in [0.5, 0.6) is 0 Å². The third-order valence-corrected chi connectivity index (χ3v) is 2.15. The topological polar surface area (TPSA) is 47.8 Å². The minimum Gasteiger partial charge on any atom is -0.303 e. The Hall–Kier alpha value is -1.97. The first-order chi connectivity index (χ1) is 7.42. The Bertz CT molecular complexity index is 436. The zero-order chi connectivity index (χ0) is 10.5. The van der Waals surface area contributed by atoms with E-state index in [-0.39, 0.29) is 0 Å². The fraction of sp³-hybridized carbons (Fsp3) is 0.182. The first-order valence-corrected chi connectivity index (χ1v) is 4.77. The maximum Gasteiger partial charge on any atom is 0.121 e. The summed E-state index contributed by atoms with van der Waals surface area (Å²) in [4.78, 5) is 14.3.